The molecule has 0 bridgehead atoms. The Kier molecular flexibility index (Phi) is 36.6. The molecule has 0 saturated carbocycles. The van der Waals surface area contributed by atoms with Gasteiger partial charge in [0.2, 0.25) is 0 Å². The van der Waals surface area contributed by atoms with Crippen molar-refractivity contribution < 1.29 is 28.6 Å². The molecule has 308 valence electrons. The lowest BCUT2D eigenvalue weighted by molar-refractivity contribution is -0.167. The smallest absolute Gasteiger partial charge is 0.306 e. The second-order valence-electron chi connectivity index (χ2n) is 17.1. The maximum Gasteiger partial charge on any atom is 0.306 e. The first-order valence-corrected chi connectivity index (χ1v) is 22.6. The molecule has 0 aliphatic rings. The first-order valence-electron chi connectivity index (χ1n) is 22.6. The normalized spacial score (nSPS) is 12.2. The van der Waals surface area contributed by atoms with Gasteiger partial charge in [-0.1, -0.05) is 202 Å². The summed E-state index contributed by atoms with van der Waals surface area (Å²) < 4.78 is 16.7. The zero-order valence-electron chi connectivity index (χ0n) is 35.6. The third-order valence-corrected chi connectivity index (χ3v) is 10.1. The van der Waals surface area contributed by atoms with Gasteiger partial charge in [0.25, 0.3) is 0 Å². The van der Waals surface area contributed by atoms with E-state index in [-0.39, 0.29) is 31.1 Å². The summed E-state index contributed by atoms with van der Waals surface area (Å²) in [6.07, 6.45) is 33.9. The van der Waals surface area contributed by atoms with Gasteiger partial charge >= 0.3 is 17.9 Å². The molecule has 1 atom stereocenters. The lowest BCUT2D eigenvalue weighted by atomic mass is 10.0. The molecule has 0 fully saturated rings. The van der Waals surface area contributed by atoms with Gasteiger partial charge in [-0.05, 0) is 37.0 Å². The van der Waals surface area contributed by atoms with Crippen molar-refractivity contribution in [2.75, 3.05) is 13.2 Å². The first kappa shape index (κ1) is 50.4. The van der Waals surface area contributed by atoms with Crippen molar-refractivity contribution >= 4 is 17.9 Å². The second-order valence-corrected chi connectivity index (χ2v) is 17.1. The molecule has 0 spiro atoms. The van der Waals surface area contributed by atoms with Crippen molar-refractivity contribution in [3.05, 3.63) is 0 Å². The van der Waals surface area contributed by atoms with Crippen LogP contribution in [0.3, 0.4) is 0 Å². The Morgan fingerprint density at radius 2 is 0.558 bits per heavy atom. The summed E-state index contributed by atoms with van der Waals surface area (Å²) in [5, 5.41) is 0. The molecule has 0 aromatic heterocycles. The molecule has 0 aliphatic heterocycles. The maximum atomic E-state index is 12.7. The van der Waals surface area contributed by atoms with Crippen LogP contribution in [0.4, 0.5) is 0 Å². The molecule has 0 rings (SSSR count). The van der Waals surface area contributed by atoms with Crippen LogP contribution in [0, 0.1) is 17.8 Å². The molecule has 52 heavy (non-hydrogen) atoms. The van der Waals surface area contributed by atoms with Gasteiger partial charge in [-0.25, -0.2) is 0 Å². The van der Waals surface area contributed by atoms with E-state index in [0.29, 0.717) is 19.3 Å². The molecular weight excluding hydrogens is 648 g/mol. The zero-order chi connectivity index (χ0) is 38.5. The summed E-state index contributed by atoms with van der Waals surface area (Å²) in [7, 11) is 0. The fraction of sp³-hybridized carbons (Fsp3) is 0.935. The molecule has 0 heterocycles. The van der Waals surface area contributed by atoms with Gasteiger partial charge in [-0.3, -0.25) is 14.4 Å². The molecule has 6 heteroatoms. The topological polar surface area (TPSA) is 78.9 Å². The van der Waals surface area contributed by atoms with Gasteiger partial charge in [0.05, 0.1) is 0 Å². The maximum absolute atomic E-state index is 12.7. The summed E-state index contributed by atoms with van der Waals surface area (Å²) in [6.45, 7) is 13.6. The molecule has 0 amide bonds. The van der Waals surface area contributed by atoms with Crippen molar-refractivity contribution in [1.82, 2.24) is 0 Å². The van der Waals surface area contributed by atoms with E-state index < -0.39 is 6.10 Å². The van der Waals surface area contributed by atoms with E-state index >= 15 is 0 Å². The minimum absolute atomic E-state index is 0.0670. The second kappa shape index (κ2) is 37.7. The van der Waals surface area contributed by atoms with Crippen LogP contribution in [-0.2, 0) is 28.6 Å². The third kappa shape index (κ3) is 39.6. The van der Waals surface area contributed by atoms with Gasteiger partial charge in [0.1, 0.15) is 13.2 Å². The van der Waals surface area contributed by atoms with Crippen molar-refractivity contribution in [2.24, 2.45) is 17.8 Å². The molecular formula is C46H88O6. The summed E-state index contributed by atoms with van der Waals surface area (Å²) in [5.74, 6) is 1.52. The number of ether oxygens (including phenoxy) is 3. The fourth-order valence-electron chi connectivity index (χ4n) is 6.70. The highest BCUT2D eigenvalue weighted by Gasteiger charge is 2.19. The number of hydrogen-bond acceptors (Lipinski definition) is 6. The average Bonchev–Trinajstić information content (AvgIpc) is 3.09. The Morgan fingerprint density at radius 3 is 0.827 bits per heavy atom. The summed E-state index contributed by atoms with van der Waals surface area (Å²) >= 11 is 0. The minimum Gasteiger partial charge on any atom is -0.462 e. The summed E-state index contributed by atoms with van der Waals surface area (Å²) in [4.78, 5) is 37.7. The summed E-state index contributed by atoms with van der Waals surface area (Å²) in [5.41, 5.74) is 0. The standard InChI is InChI=1S/C46H88O6/c1-40(2)32-26-20-14-10-7-8-12-17-25-31-37-46(49)52-43(39-51-45(48)36-30-24-19-18-22-28-34-42(5)6)38-50-44(47)35-29-23-16-13-9-11-15-21-27-33-41(3)4/h40-43H,7-39H2,1-6H3/t43-/m0/s1. The number of rotatable bonds is 39. The van der Waals surface area contributed by atoms with Crippen LogP contribution in [0.2, 0.25) is 0 Å². The molecule has 6 nitrogen and oxygen atoms in total. The van der Waals surface area contributed by atoms with Crippen molar-refractivity contribution in [1.29, 1.82) is 0 Å². The summed E-state index contributed by atoms with van der Waals surface area (Å²) in [6, 6.07) is 0. The van der Waals surface area contributed by atoms with Crippen LogP contribution in [0.15, 0.2) is 0 Å². The van der Waals surface area contributed by atoms with E-state index in [2.05, 4.69) is 41.5 Å². The largest absolute Gasteiger partial charge is 0.462 e. The quantitative estimate of drug-likeness (QED) is 0.0355. The van der Waals surface area contributed by atoms with Crippen LogP contribution < -0.4 is 0 Å². The third-order valence-electron chi connectivity index (χ3n) is 10.1. The van der Waals surface area contributed by atoms with Crippen LogP contribution >= 0.6 is 0 Å². The highest BCUT2D eigenvalue weighted by Crippen LogP contribution is 2.16. The lowest BCUT2D eigenvalue weighted by Gasteiger charge is -2.18. The molecule has 0 saturated heterocycles. The van der Waals surface area contributed by atoms with E-state index in [0.717, 1.165) is 75.5 Å². The molecule has 0 aromatic rings. The van der Waals surface area contributed by atoms with E-state index in [1.807, 2.05) is 0 Å². The lowest BCUT2D eigenvalue weighted by Crippen LogP contribution is -2.30. The van der Waals surface area contributed by atoms with Gasteiger partial charge in [-0.15, -0.1) is 0 Å². The van der Waals surface area contributed by atoms with Gasteiger partial charge in [0.15, 0.2) is 6.10 Å². The van der Waals surface area contributed by atoms with E-state index in [1.54, 1.807) is 0 Å². The Labute approximate surface area is 323 Å². The molecule has 0 aromatic carbocycles. The number of carbonyl (C=O) groups excluding carboxylic acids is 3. The predicted molar refractivity (Wildman–Crippen MR) is 219 cm³/mol. The van der Waals surface area contributed by atoms with Crippen molar-refractivity contribution in [3.63, 3.8) is 0 Å². The van der Waals surface area contributed by atoms with Crippen LogP contribution in [0.25, 0.3) is 0 Å². The van der Waals surface area contributed by atoms with Crippen LogP contribution in [0.1, 0.15) is 241 Å². The van der Waals surface area contributed by atoms with E-state index in [4.69, 9.17) is 14.2 Å². The predicted octanol–water partition coefficient (Wildman–Crippen LogP) is 14.0. The zero-order valence-corrected chi connectivity index (χ0v) is 35.6. The van der Waals surface area contributed by atoms with E-state index in [1.165, 1.54) is 122 Å². The average molecular weight is 737 g/mol. The van der Waals surface area contributed by atoms with Crippen molar-refractivity contribution in [3.8, 4) is 0 Å². The molecule has 0 N–H and O–H groups in total. The van der Waals surface area contributed by atoms with Crippen LogP contribution in [0.5, 0.6) is 0 Å². The fourth-order valence-corrected chi connectivity index (χ4v) is 6.70. The van der Waals surface area contributed by atoms with Gasteiger partial charge < -0.3 is 14.2 Å². The number of esters is 3. The Balaban J connectivity index is 4.34. The minimum atomic E-state index is -0.762. The first-order chi connectivity index (χ1) is 25.1. The SMILES string of the molecule is CC(C)CCCCCCCCCCCCC(=O)O[C@@H](COC(=O)CCCCCCCCCCCC(C)C)COC(=O)CCCCCCCCC(C)C. The Hall–Kier alpha value is -1.59. The van der Waals surface area contributed by atoms with E-state index in [9.17, 15) is 14.4 Å². The highest BCUT2D eigenvalue weighted by molar-refractivity contribution is 5.71. The van der Waals surface area contributed by atoms with Gasteiger partial charge in [0, 0.05) is 19.3 Å². The van der Waals surface area contributed by atoms with Crippen molar-refractivity contribution in [2.45, 2.75) is 247 Å². The molecule has 0 radical (unpaired) electrons. The Bertz CT molecular complexity index is 807. The molecule has 0 aliphatic carbocycles. The highest BCUT2D eigenvalue weighted by atomic mass is 16.6. The monoisotopic (exact) mass is 737 g/mol. The number of hydrogen-bond donors (Lipinski definition) is 0. The number of unbranched alkanes of at least 4 members (excludes halogenated alkanes) is 22. The number of carbonyl (C=O) groups is 3. The van der Waals surface area contributed by atoms with Crippen LogP contribution in [-0.4, -0.2) is 37.2 Å². The Morgan fingerprint density at radius 1 is 0.327 bits per heavy atom. The molecule has 0 unspecified atom stereocenters. The van der Waals surface area contributed by atoms with Gasteiger partial charge in [-0.2, -0.15) is 0 Å².